The molecule has 0 radical (unpaired) electrons. The summed E-state index contributed by atoms with van der Waals surface area (Å²) >= 11 is 1.59. The van der Waals surface area contributed by atoms with E-state index in [1.807, 2.05) is 30.5 Å². The first kappa shape index (κ1) is 17.5. The Bertz CT molecular complexity index is 843. The van der Waals surface area contributed by atoms with Crippen LogP contribution >= 0.6 is 11.8 Å². The van der Waals surface area contributed by atoms with Gasteiger partial charge in [0.25, 0.3) is 0 Å². The molecule has 4 nitrogen and oxygen atoms in total. The lowest BCUT2D eigenvalue weighted by Crippen LogP contribution is -2.14. The molecule has 130 valence electrons. The van der Waals surface area contributed by atoms with Gasteiger partial charge in [-0.25, -0.2) is 0 Å². The minimum Gasteiger partial charge on any atom is -0.347 e. The lowest BCUT2D eigenvalue weighted by atomic mass is 10.2. The number of thioether (sulfide) groups is 1. The lowest BCUT2D eigenvalue weighted by Gasteiger charge is -2.09. The highest BCUT2D eigenvalue weighted by Gasteiger charge is 2.07. The second kappa shape index (κ2) is 8.21. The van der Waals surface area contributed by atoms with Crippen molar-refractivity contribution in [3.63, 3.8) is 0 Å². The molecule has 0 unspecified atom stereocenters. The Morgan fingerprint density at radius 3 is 2.92 bits per heavy atom. The predicted octanol–water partition coefficient (Wildman–Crippen LogP) is 4.56. The molecular weight excluding hydrogens is 330 g/mol. The van der Waals surface area contributed by atoms with Crippen LogP contribution in [0.15, 0.2) is 55.0 Å². The third kappa shape index (κ3) is 4.86. The Hall–Kier alpha value is -2.27. The molecule has 3 aromatic rings. The van der Waals surface area contributed by atoms with Crippen molar-refractivity contribution in [2.24, 2.45) is 5.92 Å². The van der Waals surface area contributed by atoms with Crippen LogP contribution in [-0.2, 0) is 17.1 Å². The Labute approximate surface area is 152 Å². The SMILES string of the molecule is CC(C)Cn1ccc2cc(NC(=O)CSCc3cccnc3)ccc21. The van der Waals surface area contributed by atoms with Gasteiger partial charge in [-0.15, -0.1) is 11.8 Å². The summed E-state index contributed by atoms with van der Waals surface area (Å²) < 4.78 is 2.26. The van der Waals surface area contributed by atoms with Crippen molar-refractivity contribution in [3.8, 4) is 0 Å². The van der Waals surface area contributed by atoms with Crippen molar-refractivity contribution in [2.75, 3.05) is 11.1 Å². The van der Waals surface area contributed by atoms with Crippen LogP contribution in [0.3, 0.4) is 0 Å². The minimum absolute atomic E-state index is 0.0230. The molecule has 0 saturated heterocycles. The fourth-order valence-corrected chi connectivity index (χ4v) is 3.54. The number of benzene rings is 1. The van der Waals surface area contributed by atoms with Crippen molar-refractivity contribution < 1.29 is 4.79 Å². The predicted molar refractivity (Wildman–Crippen MR) is 106 cm³/mol. The molecule has 25 heavy (non-hydrogen) atoms. The molecule has 0 aliphatic rings. The molecule has 2 aromatic heterocycles. The highest BCUT2D eigenvalue weighted by Crippen LogP contribution is 2.22. The Morgan fingerprint density at radius 2 is 2.16 bits per heavy atom. The van der Waals surface area contributed by atoms with Crippen LogP contribution in [-0.4, -0.2) is 21.2 Å². The molecule has 1 amide bonds. The summed E-state index contributed by atoms with van der Waals surface area (Å²) in [6.07, 6.45) is 5.70. The fraction of sp³-hybridized carbons (Fsp3) is 0.300. The zero-order chi connectivity index (χ0) is 17.6. The molecule has 0 bridgehead atoms. The van der Waals surface area contributed by atoms with Crippen molar-refractivity contribution in [2.45, 2.75) is 26.1 Å². The van der Waals surface area contributed by atoms with Crippen molar-refractivity contribution >= 4 is 34.3 Å². The summed E-state index contributed by atoms with van der Waals surface area (Å²) in [7, 11) is 0. The summed E-state index contributed by atoms with van der Waals surface area (Å²) in [6, 6.07) is 12.1. The van der Waals surface area contributed by atoms with Gasteiger partial charge in [-0.1, -0.05) is 19.9 Å². The Balaban J connectivity index is 1.56. The number of anilines is 1. The van der Waals surface area contributed by atoms with Crippen molar-refractivity contribution in [1.82, 2.24) is 9.55 Å². The van der Waals surface area contributed by atoms with E-state index >= 15 is 0 Å². The average Bonchev–Trinajstić information content (AvgIpc) is 2.97. The van der Waals surface area contributed by atoms with Gasteiger partial charge in [0.1, 0.15) is 0 Å². The minimum atomic E-state index is 0.0230. The van der Waals surface area contributed by atoms with Crippen LogP contribution in [0.2, 0.25) is 0 Å². The van der Waals surface area contributed by atoms with E-state index in [2.05, 4.69) is 47.0 Å². The van der Waals surface area contributed by atoms with Gasteiger partial charge in [0, 0.05) is 47.5 Å². The van der Waals surface area contributed by atoms with Gasteiger partial charge >= 0.3 is 0 Å². The smallest absolute Gasteiger partial charge is 0.234 e. The summed E-state index contributed by atoms with van der Waals surface area (Å²) in [5.74, 6) is 1.85. The van der Waals surface area contributed by atoms with E-state index in [-0.39, 0.29) is 5.91 Å². The summed E-state index contributed by atoms with van der Waals surface area (Å²) in [4.78, 5) is 16.2. The van der Waals surface area contributed by atoms with E-state index in [4.69, 9.17) is 0 Å². The van der Waals surface area contributed by atoms with Gasteiger partial charge in [0.2, 0.25) is 5.91 Å². The van der Waals surface area contributed by atoms with Gasteiger partial charge in [-0.05, 0) is 41.8 Å². The van der Waals surface area contributed by atoms with Gasteiger partial charge < -0.3 is 9.88 Å². The highest BCUT2D eigenvalue weighted by molar-refractivity contribution is 7.99. The third-order valence-corrected chi connectivity index (χ3v) is 4.85. The number of amides is 1. The molecule has 1 N–H and O–H groups in total. The first-order valence-electron chi connectivity index (χ1n) is 8.47. The molecule has 2 heterocycles. The van der Waals surface area contributed by atoms with Crippen LogP contribution < -0.4 is 5.32 Å². The zero-order valence-corrected chi connectivity index (χ0v) is 15.4. The molecule has 0 saturated carbocycles. The number of hydrogen-bond donors (Lipinski definition) is 1. The van der Waals surface area contributed by atoms with Crippen molar-refractivity contribution in [1.29, 1.82) is 0 Å². The largest absolute Gasteiger partial charge is 0.347 e. The zero-order valence-electron chi connectivity index (χ0n) is 14.6. The number of carbonyl (C=O) groups is 1. The highest BCUT2D eigenvalue weighted by atomic mass is 32.2. The van der Waals surface area contributed by atoms with E-state index in [0.717, 1.165) is 28.9 Å². The molecule has 0 aliphatic carbocycles. The number of carbonyl (C=O) groups excluding carboxylic acids is 1. The monoisotopic (exact) mass is 353 g/mol. The maximum absolute atomic E-state index is 12.1. The topological polar surface area (TPSA) is 46.9 Å². The van der Waals surface area contributed by atoms with Crippen LogP contribution in [0.4, 0.5) is 5.69 Å². The normalized spacial score (nSPS) is 11.2. The van der Waals surface area contributed by atoms with Gasteiger partial charge in [0.05, 0.1) is 5.75 Å². The molecule has 0 atom stereocenters. The Kier molecular flexibility index (Phi) is 5.76. The summed E-state index contributed by atoms with van der Waals surface area (Å²) in [5.41, 5.74) is 3.19. The van der Waals surface area contributed by atoms with Gasteiger partial charge in [0.15, 0.2) is 0 Å². The van der Waals surface area contributed by atoms with E-state index < -0.39 is 0 Å². The number of nitrogens with zero attached hydrogens (tertiary/aromatic N) is 2. The number of pyridine rings is 1. The van der Waals surface area contributed by atoms with Crippen LogP contribution in [0.5, 0.6) is 0 Å². The molecule has 1 aromatic carbocycles. The van der Waals surface area contributed by atoms with Gasteiger partial charge in [-0.2, -0.15) is 0 Å². The van der Waals surface area contributed by atoms with Crippen LogP contribution in [0.25, 0.3) is 10.9 Å². The number of aromatic nitrogens is 2. The first-order chi connectivity index (χ1) is 12.1. The maximum Gasteiger partial charge on any atom is 0.234 e. The number of nitrogens with one attached hydrogen (secondary N) is 1. The molecule has 0 aliphatic heterocycles. The number of fused-ring (bicyclic) bond motifs is 1. The van der Waals surface area contributed by atoms with Gasteiger partial charge in [-0.3, -0.25) is 9.78 Å². The van der Waals surface area contributed by atoms with Crippen molar-refractivity contribution in [3.05, 3.63) is 60.6 Å². The molecular formula is C20H23N3OS. The number of hydrogen-bond acceptors (Lipinski definition) is 3. The lowest BCUT2D eigenvalue weighted by molar-refractivity contribution is -0.113. The average molecular weight is 353 g/mol. The van der Waals surface area contributed by atoms with Crippen LogP contribution in [0.1, 0.15) is 19.4 Å². The van der Waals surface area contributed by atoms with E-state index in [1.54, 1.807) is 18.0 Å². The fourth-order valence-electron chi connectivity index (χ4n) is 2.77. The maximum atomic E-state index is 12.1. The third-order valence-electron chi connectivity index (χ3n) is 3.84. The van der Waals surface area contributed by atoms with E-state index in [1.165, 1.54) is 5.52 Å². The van der Waals surface area contributed by atoms with E-state index in [9.17, 15) is 4.79 Å². The summed E-state index contributed by atoms with van der Waals surface area (Å²) in [5, 5.41) is 4.14. The molecule has 5 heteroatoms. The number of rotatable bonds is 7. The molecule has 0 spiro atoms. The molecule has 0 fully saturated rings. The Morgan fingerprint density at radius 1 is 1.28 bits per heavy atom. The standard InChI is InChI=1S/C20H23N3OS/c1-15(2)12-23-9-7-17-10-18(5-6-19(17)23)22-20(24)14-25-13-16-4-3-8-21-11-16/h3-11,15H,12-14H2,1-2H3,(H,22,24). The second-order valence-electron chi connectivity index (χ2n) is 6.54. The quantitative estimate of drug-likeness (QED) is 0.677. The van der Waals surface area contributed by atoms with Crippen LogP contribution in [0, 0.1) is 5.92 Å². The first-order valence-corrected chi connectivity index (χ1v) is 9.62. The summed E-state index contributed by atoms with van der Waals surface area (Å²) in [6.45, 7) is 5.42. The van der Waals surface area contributed by atoms with E-state index in [0.29, 0.717) is 11.7 Å². The molecule has 3 rings (SSSR count). The second-order valence-corrected chi connectivity index (χ2v) is 7.52.